The van der Waals surface area contributed by atoms with Crippen molar-refractivity contribution in [1.29, 1.82) is 5.26 Å². The van der Waals surface area contributed by atoms with Crippen LogP contribution in [-0.4, -0.2) is 11.1 Å². The number of hydrogen-bond donors (Lipinski definition) is 1. The van der Waals surface area contributed by atoms with Crippen molar-refractivity contribution in [3.8, 4) is 6.07 Å². The highest BCUT2D eigenvalue weighted by Gasteiger charge is 2.22. The summed E-state index contributed by atoms with van der Waals surface area (Å²) < 4.78 is 0. The molecule has 0 amide bonds. The molecule has 3 nitrogen and oxygen atoms in total. The number of nitriles is 1. The van der Waals surface area contributed by atoms with Gasteiger partial charge in [0.25, 0.3) is 0 Å². The van der Waals surface area contributed by atoms with Gasteiger partial charge in [-0.05, 0) is 17.0 Å². The number of carbonyl (C=O) groups is 1. The van der Waals surface area contributed by atoms with Gasteiger partial charge in [-0.1, -0.05) is 32.9 Å². The van der Waals surface area contributed by atoms with Crippen LogP contribution in [0.5, 0.6) is 0 Å². The molecule has 0 unspecified atom stereocenters. The van der Waals surface area contributed by atoms with Crippen LogP contribution in [0.4, 0.5) is 0 Å². The zero-order valence-corrected chi connectivity index (χ0v) is 9.03. The maximum atomic E-state index is 10.9. The molecule has 0 saturated carbocycles. The van der Waals surface area contributed by atoms with Gasteiger partial charge >= 0.3 is 5.97 Å². The third-order valence-corrected chi connectivity index (χ3v) is 2.21. The summed E-state index contributed by atoms with van der Waals surface area (Å²) in [6, 6.07) is 6.89. The van der Waals surface area contributed by atoms with Gasteiger partial charge in [0, 0.05) is 0 Å². The molecular formula is C12H13NO2. The van der Waals surface area contributed by atoms with Crippen molar-refractivity contribution < 1.29 is 9.90 Å². The van der Waals surface area contributed by atoms with E-state index in [0.29, 0.717) is 0 Å². The number of aromatic carboxylic acids is 1. The Labute approximate surface area is 89.0 Å². The van der Waals surface area contributed by atoms with Crippen LogP contribution in [0.15, 0.2) is 18.2 Å². The Balaban J connectivity index is 3.51. The van der Waals surface area contributed by atoms with Crippen LogP contribution in [0.3, 0.4) is 0 Å². The van der Waals surface area contributed by atoms with Crippen molar-refractivity contribution in [2.45, 2.75) is 26.2 Å². The number of nitrogens with zero attached hydrogens (tertiary/aromatic N) is 1. The third kappa shape index (κ3) is 2.16. The van der Waals surface area contributed by atoms with E-state index < -0.39 is 5.97 Å². The topological polar surface area (TPSA) is 61.1 Å². The Hall–Kier alpha value is -1.82. The van der Waals surface area contributed by atoms with Crippen molar-refractivity contribution in [3.63, 3.8) is 0 Å². The highest BCUT2D eigenvalue weighted by Crippen LogP contribution is 2.27. The van der Waals surface area contributed by atoms with Gasteiger partial charge in [-0.2, -0.15) is 5.26 Å². The molecule has 0 spiro atoms. The van der Waals surface area contributed by atoms with E-state index in [0.717, 1.165) is 5.56 Å². The average molecular weight is 203 g/mol. The second-order valence-corrected chi connectivity index (χ2v) is 4.40. The number of hydrogen-bond acceptors (Lipinski definition) is 2. The standard InChI is InChI=1S/C12H13NO2/c1-12(2,3)10-6-4-5-8(11(14)15)9(10)7-13/h4-6H,1-3H3,(H,14,15). The molecule has 0 atom stereocenters. The summed E-state index contributed by atoms with van der Waals surface area (Å²) in [6.07, 6.45) is 0. The minimum Gasteiger partial charge on any atom is -0.478 e. The van der Waals surface area contributed by atoms with Crippen molar-refractivity contribution >= 4 is 5.97 Å². The monoisotopic (exact) mass is 203 g/mol. The second kappa shape index (κ2) is 3.74. The molecule has 0 heterocycles. The predicted octanol–water partition coefficient (Wildman–Crippen LogP) is 2.55. The number of carboxylic acids is 1. The van der Waals surface area contributed by atoms with E-state index in [2.05, 4.69) is 0 Å². The Morgan fingerprint density at radius 2 is 2.00 bits per heavy atom. The molecule has 0 aliphatic heterocycles. The Bertz CT molecular complexity index is 436. The van der Waals surface area contributed by atoms with Crippen LogP contribution >= 0.6 is 0 Å². The van der Waals surface area contributed by atoms with Crippen molar-refractivity contribution in [3.05, 3.63) is 34.9 Å². The normalized spacial score (nSPS) is 10.8. The lowest BCUT2D eigenvalue weighted by atomic mass is 9.82. The molecule has 0 aliphatic carbocycles. The lowest BCUT2D eigenvalue weighted by Crippen LogP contribution is -2.15. The molecule has 0 saturated heterocycles. The molecule has 0 aromatic heterocycles. The summed E-state index contributed by atoms with van der Waals surface area (Å²) in [6.45, 7) is 5.86. The largest absolute Gasteiger partial charge is 0.478 e. The van der Waals surface area contributed by atoms with Gasteiger partial charge in [0.05, 0.1) is 11.1 Å². The Morgan fingerprint density at radius 1 is 1.40 bits per heavy atom. The molecule has 0 radical (unpaired) electrons. The quantitative estimate of drug-likeness (QED) is 0.763. The van der Waals surface area contributed by atoms with Crippen LogP contribution in [0.25, 0.3) is 0 Å². The zero-order valence-electron chi connectivity index (χ0n) is 9.03. The van der Waals surface area contributed by atoms with E-state index in [1.165, 1.54) is 6.07 Å². The van der Waals surface area contributed by atoms with Crippen LogP contribution in [-0.2, 0) is 5.41 Å². The maximum absolute atomic E-state index is 10.9. The van der Waals surface area contributed by atoms with E-state index in [1.807, 2.05) is 26.8 Å². The summed E-state index contributed by atoms with van der Waals surface area (Å²) >= 11 is 0. The SMILES string of the molecule is CC(C)(C)c1cccc(C(=O)O)c1C#N. The lowest BCUT2D eigenvalue weighted by Gasteiger charge is -2.21. The van der Waals surface area contributed by atoms with Gasteiger partial charge in [-0.15, -0.1) is 0 Å². The van der Waals surface area contributed by atoms with Gasteiger partial charge in [0.2, 0.25) is 0 Å². The molecule has 15 heavy (non-hydrogen) atoms. The zero-order chi connectivity index (χ0) is 11.6. The molecule has 0 aliphatic rings. The minimum absolute atomic E-state index is 0.0740. The molecule has 0 fully saturated rings. The predicted molar refractivity (Wildman–Crippen MR) is 56.8 cm³/mol. The van der Waals surface area contributed by atoms with Crippen LogP contribution in [0, 0.1) is 11.3 Å². The Kier molecular flexibility index (Phi) is 2.81. The van der Waals surface area contributed by atoms with E-state index in [9.17, 15) is 4.79 Å². The molecule has 1 rings (SSSR count). The number of rotatable bonds is 1. The molecule has 3 heteroatoms. The first-order valence-corrected chi connectivity index (χ1v) is 4.65. The van der Waals surface area contributed by atoms with Crippen LogP contribution in [0.1, 0.15) is 42.3 Å². The van der Waals surface area contributed by atoms with Crippen molar-refractivity contribution in [2.75, 3.05) is 0 Å². The highest BCUT2D eigenvalue weighted by atomic mass is 16.4. The lowest BCUT2D eigenvalue weighted by molar-refractivity contribution is 0.0696. The maximum Gasteiger partial charge on any atom is 0.337 e. The van der Waals surface area contributed by atoms with E-state index in [-0.39, 0.29) is 16.5 Å². The second-order valence-electron chi connectivity index (χ2n) is 4.40. The summed E-state index contributed by atoms with van der Waals surface area (Å²) in [7, 11) is 0. The molecule has 1 aromatic carbocycles. The van der Waals surface area contributed by atoms with Crippen molar-refractivity contribution in [2.24, 2.45) is 0 Å². The first-order chi connectivity index (χ1) is 6.88. The minimum atomic E-state index is -1.06. The summed E-state index contributed by atoms with van der Waals surface area (Å²) in [5.74, 6) is -1.06. The Morgan fingerprint density at radius 3 is 2.40 bits per heavy atom. The average Bonchev–Trinajstić information content (AvgIpc) is 2.15. The smallest absolute Gasteiger partial charge is 0.337 e. The highest BCUT2D eigenvalue weighted by molar-refractivity contribution is 5.91. The van der Waals surface area contributed by atoms with Crippen LogP contribution in [0.2, 0.25) is 0 Å². The van der Waals surface area contributed by atoms with Gasteiger partial charge in [0.1, 0.15) is 6.07 Å². The summed E-state index contributed by atoms with van der Waals surface area (Å²) in [5, 5.41) is 17.9. The van der Waals surface area contributed by atoms with Gasteiger partial charge in [-0.25, -0.2) is 4.79 Å². The van der Waals surface area contributed by atoms with Gasteiger partial charge in [-0.3, -0.25) is 0 Å². The summed E-state index contributed by atoms with van der Waals surface area (Å²) in [5.41, 5.74) is 0.878. The fraction of sp³-hybridized carbons (Fsp3) is 0.333. The molecule has 0 bridgehead atoms. The van der Waals surface area contributed by atoms with E-state index in [1.54, 1.807) is 12.1 Å². The fourth-order valence-electron chi connectivity index (χ4n) is 1.48. The van der Waals surface area contributed by atoms with E-state index in [4.69, 9.17) is 10.4 Å². The molecule has 78 valence electrons. The number of carboxylic acid groups (broad SMARTS) is 1. The first kappa shape index (κ1) is 11.3. The van der Waals surface area contributed by atoms with Crippen molar-refractivity contribution in [1.82, 2.24) is 0 Å². The molecule has 1 aromatic rings. The van der Waals surface area contributed by atoms with E-state index >= 15 is 0 Å². The third-order valence-electron chi connectivity index (χ3n) is 2.21. The molecular weight excluding hydrogens is 190 g/mol. The van der Waals surface area contributed by atoms with Gasteiger partial charge < -0.3 is 5.11 Å². The fourth-order valence-corrected chi connectivity index (χ4v) is 1.48. The first-order valence-electron chi connectivity index (χ1n) is 4.65. The number of benzene rings is 1. The van der Waals surface area contributed by atoms with Gasteiger partial charge in [0.15, 0.2) is 0 Å². The summed E-state index contributed by atoms with van der Waals surface area (Å²) in [4.78, 5) is 10.9. The van der Waals surface area contributed by atoms with Crippen LogP contribution < -0.4 is 0 Å². The molecule has 1 N–H and O–H groups in total.